The zero-order valence-corrected chi connectivity index (χ0v) is 14.2. The molecule has 0 heterocycles. The lowest BCUT2D eigenvalue weighted by Gasteiger charge is -2.07. The fraction of sp³-hybridized carbons (Fsp3) is 0.400. The third-order valence-electron chi connectivity index (χ3n) is 3.15. The largest absolute Gasteiger partial charge is 0.506 e. The fourth-order valence-electron chi connectivity index (χ4n) is 1.72. The van der Waals surface area contributed by atoms with E-state index < -0.39 is 24.0 Å². The molecule has 1 aromatic carbocycles. The minimum atomic E-state index is -1.06. The maximum absolute atomic E-state index is 10.4. The molecule has 0 spiro atoms. The van der Waals surface area contributed by atoms with Gasteiger partial charge in [0.05, 0.1) is 5.69 Å². The van der Waals surface area contributed by atoms with Crippen molar-refractivity contribution < 1.29 is 24.9 Å². The second-order valence-corrected chi connectivity index (χ2v) is 5.44. The van der Waals surface area contributed by atoms with Crippen LogP contribution in [0.4, 0.5) is 5.69 Å². The van der Waals surface area contributed by atoms with Gasteiger partial charge in [0, 0.05) is 6.54 Å². The number of aliphatic carboxylic acids is 2. The van der Waals surface area contributed by atoms with E-state index in [1.165, 1.54) is 12.1 Å². The Hall–Kier alpha value is -3.05. The summed E-state index contributed by atoms with van der Waals surface area (Å²) in [4.78, 5) is 24.3. The molecule has 0 aliphatic rings. The number of phenols is 1. The van der Waals surface area contributed by atoms with E-state index >= 15 is 0 Å². The van der Waals surface area contributed by atoms with E-state index in [1.54, 1.807) is 6.07 Å². The highest BCUT2D eigenvalue weighted by Crippen LogP contribution is 2.20. The molecule has 13 N–H and O–H groups in total. The number of rotatable bonds is 8. The molecule has 0 amide bonds. The topological polar surface area (TPSA) is 237 Å². The number of anilines is 1. The number of nitrogen functional groups attached to an aromatic ring is 1. The van der Waals surface area contributed by atoms with Crippen molar-refractivity contribution in [3.63, 3.8) is 0 Å². The van der Waals surface area contributed by atoms with Gasteiger partial charge in [0.15, 0.2) is 5.96 Å². The van der Waals surface area contributed by atoms with Gasteiger partial charge in [-0.15, -0.1) is 0 Å². The summed E-state index contributed by atoms with van der Waals surface area (Å²) < 4.78 is 0. The normalized spacial score (nSPS) is 12.2. The van der Waals surface area contributed by atoms with Crippen LogP contribution in [0.15, 0.2) is 23.2 Å². The maximum Gasteiger partial charge on any atom is 0.320 e. The molecule has 0 aliphatic heterocycles. The molecular weight excluding hydrogens is 344 g/mol. The van der Waals surface area contributed by atoms with Gasteiger partial charge in [0.25, 0.3) is 0 Å². The predicted octanol–water partition coefficient (Wildman–Crippen LogP) is -1.62. The Kier molecular flexibility index (Phi) is 10.1. The quantitative estimate of drug-likeness (QED) is 0.0854. The van der Waals surface area contributed by atoms with E-state index in [9.17, 15) is 9.59 Å². The van der Waals surface area contributed by atoms with Crippen LogP contribution in [0.2, 0.25) is 0 Å². The third-order valence-corrected chi connectivity index (χ3v) is 3.15. The van der Waals surface area contributed by atoms with E-state index in [0.717, 1.165) is 0 Å². The number of nitrogens with zero attached hydrogens (tertiary/aromatic N) is 1. The monoisotopic (exact) mass is 370 g/mol. The molecule has 0 fully saturated rings. The third kappa shape index (κ3) is 9.95. The van der Waals surface area contributed by atoms with Crippen LogP contribution in [0.25, 0.3) is 0 Å². The van der Waals surface area contributed by atoms with Crippen molar-refractivity contribution in [3.05, 3.63) is 23.8 Å². The van der Waals surface area contributed by atoms with Gasteiger partial charge < -0.3 is 44.0 Å². The lowest BCUT2D eigenvalue weighted by Crippen LogP contribution is -2.32. The molecule has 0 bridgehead atoms. The molecule has 0 aromatic heterocycles. The first kappa shape index (κ1) is 22.9. The smallest absolute Gasteiger partial charge is 0.320 e. The summed E-state index contributed by atoms with van der Waals surface area (Å²) in [5, 5.41) is 26.1. The van der Waals surface area contributed by atoms with Gasteiger partial charge in [-0.2, -0.15) is 0 Å². The number of carbonyl (C=O) groups is 2. The number of hydrogen-bond acceptors (Lipinski definition) is 7. The Morgan fingerprint density at radius 3 is 2.12 bits per heavy atom. The number of aromatic hydroxyl groups is 1. The van der Waals surface area contributed by atoms with E-state index in [0.29, 0.717) is 24.9 Å². The van der Waals surface area contributed by atoms with Crippen molar-refractivity contribution in [2.75, 3.05) is 12.3 Å². The van der Waals surface area contributed by atoms with Crippen molar-refractivity contribution in [2.45, 2.75) is 31.3 Å². The van der Waals surface area contributed by atoms with E-state index in [1.807, 2.05) is 0 Å². The molecule has 11 heteroatoms. The molecule has 1 aromatic rings. The first-order valence-electron chi connectivity index (χ1n) is 7.64. The van der Waals surface area contributed by atoms with E-state index in [4.69, 9.17) is 44.0 Å². The lowest BCUT2D eigenvalue weighted by molar-refractivity contribution is -0.139. The molecule has 0 saturated carbocycles. The Bertz CT molecular complexity index is 633. The standard InChI is InChI=1S/C9H12N2O3.C6H14N4O2/c10-6-3-5(1-2-8(6)12)4-7(11)9(13)14;7-4(5(11)12)2-1-3-10-6(8)9/h1-3,7,12H,4,10-11H2,(H,13,14);4H,1-3,7H2,(H,11,12)(H4,8,9,10). The number of nitrogens with two attached hydrogens (primary N) is 5. The van der Waals surface area contributed by atoms with Crippen molar-refractivity contribution in [3.8, 4) is 5.75 Å². The Morgan fingerprint density at radius 1 is 1.08 bits per heavy atom. The minimum Gasteiger partial charge on any atom is -0.506 e. The molecule has 11 nitrogen and oxygen atoms in total. The molecule has 0 radical (unpaired) electrons. The minimum absolute atomic E-state index is 0.0129. The number of aliphatic imine (C=N–C) groups is 1. The van der Waals surface area contributed by atoms with Crippen LogP contribution in [0.1, 0.15) is 18.4 Å². The highest BCUT2D eigenvalue weighted by Gasteiger charge is 2.12. The molecule has 0 aliphatic carbocycles. The van der Waals surface area contributed by atoms with Crippen molar-refractivity contribution >= 4 is 23.6 Å². The number of phenolic OH excluding ortho intramolecular Hbond substituents is 1. The zero-order valence-electron chi connectivity index (χ0n) is 14.2. The highest BCUT2D eigenvalue weighted by atomic mass is 16.4. The summed E-state index contributed by atoms with van der Waals surface area (Å²) in [6.07, 6.45) is 1.15. The van der Waals surface area contributed by atoms with Crippen LogP contribution in [0.5, 0.6) is 5.75 Å². The summed E-state index contributed by atoms with van der Waals surface area (Å²) in [7, 11) is 0. The summed E-state index contributed by atoms with van der Waals surface area (Å²) in [6.45, 7) is 0.420. The first-order valence-corrected chi connectivity index (χ1v) is 7.64. The molecule has 2 unspecified atom stereocenters. The number of carboxylic acid groups (broad SMARTS) is 2. The maximum atomic E-state index is 10.4. The zero-order chi connectivity index (χ0) is 20.3. The molecule has 146 valence electrons. The first-order chi connectivity index (χ1) is 12.0. The second kappa shape index (κ2) is 11.5. The van der Waals surface area contributed by atoms with Gasteiger partial charge >= 0.3 is 11.9 Å². The number of benzene rings is 1. The summed E-state index contributed by atoms with van der Waals surface area (Å²) >= 11 is 0. The van der Waals surface area contributed by atoms with Crippen LogP contribution >= 0.6 is 0 Å². The van der Waals surface area contributed by atoms with Crippen LogP contribution in [-0.2, 0) is 16.0 Å². The number of guanidine groups is 1. The average Bonchev–Trinajstić information content (AvgIpc) is 2.55. The van der Waals surface area contributed by atoms with Crippen LogP contribution in [0, 0.1) is 0 Å². The van der Waals surface area contributed by atoms with Crippen molar-refractivity contribution in [1.29, 1.82) is 0 Å². The fourth-order valence-corrected chi connectivity index (χ4v) is 1.72. The van der Waals surface area contributed by atoms with Gasteiger partial charge in [0.1, 0.15) is 17.8 Å². The molecular formula is C15H26N6O5. The van der Waals surface area contributed by atoms with Gasteiger partial charge in [-0.1, -0.05) is 6.07 Å². The molecule has 0 saturated heterocycles. The Balaban J connectivity index is 0.000000488. The number of hydrogen-bond donors (Lipinski definition) is 8. The van der Waals surface area contributed by atoms with Crippen LogP contribution < -0.4 is 28.7 Å². The highest BCUT2D eigenvalue weighted by molar-refractivity contribution is 5.75. The van der Waals surface area contributed by atoms with Crippen LogP contribution in [0.3, 0.4) is 0 Å². The average molecular weight is 370 g/mol. The Morgan fingerprint density at radius 2 is 1.65 bits per heavy atom. The summed E-state index contributed by atoms with van der Waals surface area (Å²) in [5.41, 5.74) is 27.0. The van der Waals surface area contributed by atoms with Crippen molar-refractivity contribution in [1.82, 2.24) is 0 Å². The molecule has 2 atom stereocenters. The predicted molar refractivity (Wildman–Crippen MR) is 97.4 cm³/mol. The van der Waals surface area contributed by atoms with Gasteiger partial charge in [-0.25, -0.2) is 0 Å². The van der Waals surface area contributed by atoms with E-state index in [2.05, 4.69) is 4.99 Å². The van der Waals surface area contributed by atoms with Crippen molar-refractivity contribution in [2.24, 2.45) is 27.9 Å². The van der Waals surface area contributed by atoms with Gasteiger partial charge in [-0.05, 0) is 37.0 Å². The second-order valence-electron chi connectivity index (χ2n) is 5.44. The lowest BCUT2D eigenvalue weighted by atomic mass is 10.1. The van der Waals surface area contributed by atoms with E-state index in [-0.39, 0.29) is 23.8 Å². The number of carboxylic acids is 2. The summed E-state index contributed by atoms with van der Waals surface area (Å²) in [6, 6.07) is 2.75. The Labute approximate surface area is 150 Å². The summed E-state index contributed by atoms with van der Waals surface area (Å²) in [5.74, 6) is -2.06. The van der Waals surface area contributed by atoms with Crippen LogP contribution in [-0.4, -0.2) is 51.8 Å². The molecule has 26 heavy (non-hydrogen) atoms. The van der Waals surface area contributed by atoms with Gasteiger partial charge in [-0.3, -0.25) is 14.6 Å². The van der Waals surface area contributed by atoms with Gasteiger partial charge in [0.2, 0.25) is 0 Å². The molecule has 1 rings (SSSR count). The SMILES string of the molecule is NC(N)=NCCCC(N)C(=O)O.Nc1cc(CC(N)C(=O)O)ccc1O.